The number of hydrogen-bond acceptors (Lipinski definition) is 3. The molecule has 7 heteroatoms. The molecule has 106 valence electrons. The number of aromatic nitrogens is 4. The maximum Gasteiger partial charge on any atom is 0.435 e. The molecule has 4 nitrogen and oxygen atoms in total. The summed E-state index contributed by atoms with van der Waals surface area (Å²) in [6.45, 7) is 0. The fourth-order valence-electron chi connectivity index (χ4n) is 1.80. The lowest BCUT2D eigenvalue weighted by molar-refractivity contribution is -0.141. The molecular weight excluding hydrogens is 281 g/mol. The molecule has 0 atom stereocenters. The molecule has 3 rings (SSSR count). The third-order valence-corrected chi connectivity index (χ3v) is 2.82. The van der Waals surface area contributed by atoms with Crippen molar-refractivity contribution in [2.45, 2.75) is 6.18 Å². The van der Waals surface area contributed by atoms with Crippen molar-refractivity contribution < 1.29 is 13.2 Å². The Labute approximate surface area is 117 Å². The van der Waals surface area contributed by atoms with E-state index in [2.05, 4.69) is 15.1 Å². The third kappa shape index (κ3) is 2.76. The van der Waals surface area contributed by atoms with E-state index in [9.17, 15) is 13.2 Å². The summed E-state index contributed by atoms with van der Waals surface area (Å²) in [7, 11) is 0. The van der Waals surface area contributed by atoms with Gasteiger partial charge in [-0.25, -0.2) is 9.67 Å². The fraction of sp³-hybridized carbons (Fsp3) is 0.0714. The topological polar surface area (TPSA) is 43.6 Å². The minimum Gasteiger partial charge on any atom is -0.251 e. The van der Waals surface area contributed by atoms with E-state index < -0.39 is 11.9 Å². The molecule has 0 fully saturated rings. The van der Waals surface area contributed by atoms with Crippen molar-refractivity contribution in [3.63, 3.8) is 0 Å². The minimum atomic E-state index is -4.47. The Morgan fingerprint density at radius 2 is 1.67 bits per heavy atom. The van der Waals surface area contributed by atoms with Gasteiger partial charge in [0.2, 0.25) is 0 Å². The lowest BCUT2D eigenvalue weighted by atomic mass is 10.2. The number of benzene rings is 1. The Kier molecular flexibility index (Phi) is 3.17. The van der Waals surface area contributed by atoms with Crippen molar-refractivity contribution in [1.29, 1.82) is 0 Å². The summed E-state index contributed by atoms with van der Waals surface area (Å²) in [5.74, 6) is 0.227. The Hall–Kier alpha value is -2.70. The third-order valence-electron chi connectivity index (χ3n) is 2.82. The largest absolute Gasteiger partial charge is 0.435 e. The zero-order chi connectivity index (χ0) is 14.9. The van der Waals surface area contributed by atoms with E-state index in [1.54, 1.807) is 0 Å². The van der Waals surface area contributed by atoms with Gasteiger partial charge in [-0.2, -0.15) is 18.3 Å². The Bertz CT molecular complexity index is 733. The van der Waals surface area contributed by atoms with Gasteiger partial charge in [-0.05, 0) is 6.07 Å². The van der Waals surface area contributed by atoms with E-state index in [1.165, 1.54) is 18.6 Å². The van der Waals surface area contributed by atoms with Crippen molar-refractivity contribution in [3.05, 3.63) is 60.7 Å². The van der Waals surface area contributed by atoms with Gasteiger partial charge in [0, 0.05) is 11.8 Å². The first kappa shape index (κ1) is 13.3. The van der Waals surface area contributed by atoms with E-state index >= 15 is 0 Å². The van der Waals surface area contributed by atoms with Crippen LogP contribution < -0.4 is 0 Å². The first-order chi connectivity index (χ1) is 10.0. The molecule has 0 saturated carbocycles. The van der Waals surface area contributed by atoms with Crippen LogP contribution in [0, 0.1) is 0 Å². The molecule has 0 saturated heterocycles. The van der Waals surface area contributed by atoms with Gasteiger partial charge >= 0.3 is 6.18 Å². The van der Waals surface area contributed by atoms with E-state index in [-0.39, 0.29) is 5.82 Å². The maximum absolute atomic E-state index is 12.5. The Morgan fingerprint density at radius 3 is 2.24 bits per heavy atom. The highest BCUT2D eigenvalue weighted by Crippen LogP contribution is 2.27. The minimum absolute atomic E-state index is 0.227. The molecule has 2 heterocycles. The molecule has 2 aromatic heterocycles. The zero-order valence-electron chi connectivity index (χ0n) is 10.6. The SMILES string of the molecule is FC(F)(F)c1ccn(-c2cnc(-c3ccccc3)cn2)n1. The molecule has 1 aromatic carbocycles. The molecule has 0 N–H and O–H groups in total. The van der Waals surface area contributed by atoms with Gasteiger partial charge in [0.05, 0.1) is 18.1 Å². The Balaban J connectivity index is 1.89. The first-order valence-corrected chi connectivity index (χ1v) is 6.05. The molecule has 0 aliphatic rings. The number of rotatable bonds is 2. The van der Waals surface area contributed by atoms with Crippen LogP contribution in [0.4, 0.5) is 13.2 Å². The van der Waals surface area contributed by atoms with Crippen molar-refractivity contribution in [2.24, 2.45) is 0 Å². The number of halogens is 3. The van der Waals surface area contributed by atoms with E-state index in [4.69, 9.17) is 0 Å². The summed E-state index contributed by atoms with van der Waals surface area (Å²) in [5, 5.41) is 3.44. The number of hydrogen-bond donors (Lipinski definition) is 0. The average Bonchev–Trinajstić information content (AvgIpc) is 2.98. The van der Waals surface area contributed by atoms with Crippen molar-refractivity contribution in [2.75, 3.05) is 0 Å². The molecule has 0 amide bonds. The number of nitrogens with zero attached hydrogens (tertiary/aromatic N) is 4. The molecular formula is C14H9F3N4. The number of alkyl halides is 3. The fourth-order valence-corrected chi connectivity index (χ4v) is 1.80. The summed E-state index contributed by atoms with van der Waals surface area (Å²) in [6.07, 6.45) is -0.382. The van der Waals surface area contributed by atoms with Crippen LogP contribution in [0.25, 0.3) is 17.1 Å². The second kappa shape index (κ2) is 5.01. The molecule has 21 heavy (non-hydrogen) atoms. The standard InChI is InChI=1S/C14H9F3N4/c15-14(16,17)12-6-7-21(20-12)13-9-18-11(8-19-13)10-4-2-1-3-5-10/h1-9H. The van der Waals surface area contributed by atoms with Crippen LogP contribution in [0.3, 0.4) is 0 Å². The molecule has 0 aliphatic carbocycles. The summed E-state index contributed by atoms with van der Waals surface area (Å²) >= 11 is 0. The summed E-state index contributed by atoms with van der Waals surface area (Å²) in [4.78, 5) is 8.28. The van der Waals surface area contributed by atoms with E-state index in [1.807, 2.05) is 30.3 Å². The van der Waals surface area contributed by atoms with Crippen LogP contribution >= 0.6 is 0 Å². The molecule has 0 bridgehead atoms. The van der Waals surface area contributed by atoms with Crippen LogP contribution in [0.1, 0.15) is 5.69 Å². The van der Waals surface area contributed by atoms with Gasteiger partial charge in [-0.15, -0.1) is 0 Å². The van der Waals surface area contributed by atoms with Gasteiger partial charge in [0.25, 0.3) is 0 Å². The lowest BCUT2D eigenvalue weighted by Crippen LogP contribution is -2.08. The van der Waals surface area contributed by atoms with Crippen LogP contribution in [-0.4, -0.2) is 19.7 Å². The predicted octanol–water partition coefficient (Wildman–Crippen LogP) is 3.35. The predicted molar refractivity (Wildman–Crippen MR) is 69.6 cm³/mol. The van der Waals surface area contributed by atoms with Gasteiger partial charge in [-0.1, -0.05) is 30.3 Å². The molecule has 0 aliphatic heterocycles. The first-order valence-electron chi connectivity index (χ1n) is 6.05. The van der Waals surface area contributed by atoms with Gasteiger partial charge in [-0.3, -0.25) is 4.98 Å². The molecule has 3 aromatic rings. The van der Waals surface area contributed by atoms with Crippen molar-refractivity contribution >= 4 is 0 Å². The monoisotopic (exact) mass is 290 g/mol. The maximum atomic E-state index is 12.5. The van der Waals surface area contributed by atoms with Crippen molar-refractivity contribution in [1.82, 2.24) is 19.7 Å². The second-order valence-electron chi connectivity index (χ2n) is 4.27. The summed E-state index contributed by atoms with van der Waals surface area (Å²) < 4.78 is 38.5. The highest BCUT2D eigenvalue weighted by molar-refractivity contribution is 5.57. The normalized spacial score (nSPS) is 11.6. The zero-order valence-corrected chi connectivity index (χ0v) is 10.6. The van der Waals surface area contributed by atoms with E-state index in [0.29, 0.717) is 5.69 Å². The summed E-state index contributed by atoms with van der Waals surface area (Å²) in [5.41, 5.74) is 0.562. The summed E-state index contributed by atoms with van der Waals surface area (Å²) in [6, 6.07) is 10.3. The van der Waals surface area contributed by atoms with Crippen LogP contribution in [0.2, 0.25) is 0 Å². The molecule has 0 spiro atoms. The molecule has 0 unspecified atom stereocenters. The second-order valence-corrected chi connectivity index (χ2v) is 4.27. The van der Waals surface area contributed by atoms with Crippen LogP contribution in [-0.2, 0) is 6.18 Å². The average molecular weight is 290 g/mol. The van der Waals surface area contributed by atoms with Gasteiger partial charge < -0.3 is 0 Å². The Morgan fingerprint density at radius 1 is 0.905 bits per heavy atom. The van der Waals surface area contributed by atoms with Crippen LogP contribution in [0.15, 0.2) is 55.0 Å². The van der Waals surface area contributed by atoms with Gasteiger partial charge in [0.15, 0.2) is 11.5 Å². The highest BCUT2D eigenvalue weighted by Gasteiger charge is 2.33. The lowest BCUT2D eigenvalue weighted by Gasteiger charge is -2.03. The molecule has 0 radical (unpaired) electrons. The highest BCUT2D eigenvalue weighted by atomic mass is 19.4. The quantitative estimate of drug-likeness (QED) is 0.727. The smallest absolute Gasteiger partial charge is 0.251 e. The van der Waals surface area contributed by atoms with Crippen molar-refractivity contribution in [3.8, 4) is 17.1 Å². The van der Waals surface area contributed by atoms with E-state index in [0.717, 1.165) is 16.3 Å². The van der Waals surface area contributed by atoms with Gasteiger partial charge in [0.1, 0.15) is 0 Å². The van der Waals surface area contributed by atoms with Crippen LogP contribution in [0.5, 0.6) is 0 Å².